The number of aromatic nitrogens is 2. The fraction of sp³-hybridized carbons (Fsp3) is 0.316. The Labute approximate surface area is 165 Å². The molecule has 8 heteroatoms. The van der Waals surface area contributed by atoms with Crippen molar-refractivity contribution in [2.45, 2.75) is 31.7 Å². The predicted octanol–water partition coefficient (Wildman–Crippen LogP) is 3.70. The van der Waals surface area contributed by atoms with Crippen LogP contribution in [0.1, 0.15) is 21.9 Å². The molecular weight excluding hydrogens is 382 g/mol. The van der Waals surface area contributed by atoms with Crippen LogP contribution in [0.25, 0.3) is 0 Å². The van der Waals surface area contributed by atoms with E-state index in [1.165, 1.54) is 27.8 Å². The van der Waals surface area contributed by atoms with Crippen LogP contribution in [0.2, 0.25) is 0 Å². The van der Waals surface area contributed by atoms with Gasteiger partial charge < -0.3 is 14.1 Å². The van der Waals surface area contributed by atoms with E-state index in [9.17, 15) is 4.79 Å². The molecule has 4 rings (SSSR count). The summed E-state index contributed by atoms with van der Waals surface area (Å²) in [6.07, 6.45) is 0.935. The Morgan fingerprint density at radius 3 is 3.00 bits per heavy atom. The van der Waals surface area contributed by atoms with Crippen LogP contribution in [0.5, 0.6) is 5.75 Å². The lowest BCUT2D eigenvalue weighted by molar-refractivity contribution is -0.129. The maximum Gasteiger partial charge on any atom is 0.277 e. The molecule has 1 aliphatic rings. The summed E-state index contributed by atoms with van der Waals surface area (Å²) in [6.45, 7) is 3.69. The molecule has 3 heterocycles. The monoisotopic (exact) mass is 401 g/mol. The molecule has 1 aromatic carbocycles. The Bertz CT molecular complexity index is 920. The first kappa shape index (κ1) is 18.1. The minimum atomic E-state index is 0.0903. The van der Waals surface area contributed by atoms with Gasteiger partial charge in [0.2, 0.25) is 5.91 Å². The van der Waals surface area contributed by atoms with Crippen LogP contribution in [-0.2, 0) is 24.4 Å². The number of hydrogen-bond acceptors (Lipinski definition) is 7. The largest absolute Gasteiger partial charge is 0.484 e. The summed E-state index contributed by atoms with van der Waals surface area (Å²) in [6, 6.07) is 9.87. The Balaban J connectivity index is 1.25. The summed E-state index contributed by atoms with van der Waals surface area (Å²) >= 11 is 3.03. The van der Waals surface area contributed by atoms with Crippen LogP contribution >= 0.6 is 23.1 Å². The highest BCUT2D eigenvalue weighted by Crippen LogP contribution is 2.25. The summed E-state index contributed by atoms with van der Waals surface area (Å²) in [5.41, 5.74) is 2.44. The van der Waals surface area contributed by atoms with Gasteiger partial charge in [0.25, 0.3) is 11.1 Å². The normalized spacial score (nSPS) is 13.4. The first-order valence-corrected chi connectivity index (χ1v) is 10.5. The molecule has 0 saturated heterocycles. The SMILES string of the molecule is Cc1ccc(OCc2nnc(SCC(=O)N3CCc4sccc4C3)o2)cc1. The van der Waals surface area contributed by atoms with Gasteiger partial charge in [0.05, 0.1) is 5.75 Å². The molecule has 0 saturated carbocycles. The molecule has 1 aliphatic heterocycles. The lowest BCUT2D eigenvalue weighted by Crippen LogP contribution is -2.36. The van der Waals surface area contributed by atoms with Crippen molar-refractivity contribution in [3.63, 3.8) is 0 Å². The highest BCUT2D eigenvalue weighted by atomic mass is 32.2. The van der Waals surface area contributed by atoms with Crippen LogP contribution in [0.3, 0.4) is 0 Å². The fourth-order valence-electron chi connectivity index (χ4n) is 2.81. The third-order valence-electron chi connectivity index (χ3n) is 4.31. The van der Waals surface area contributed by atoms with E-state index in [-0.39, 0.29) is 12.5 Å². The number of amides is 1. The number of benzene rings is 1. The number of carbonyl (C=O) groups is 1. The van der Waals surface area contributed by atoms with Crippen molar-refractivity contribution < 1.29 is 13.9 Å². The van der Waals surface area contributed by atoms with Crippen LogP contribution in [-0.4, -0.2) is 33.3 Å². The van der Waals surface area contributed by atoms with Gasteiger partial charge in [0.1, 0.15) is 5.75 Å². The Morgan fingerprint density at radius 2 is 2.15 bits per heavy atom. The average Bonchev–Trinajstić information content (AvgIpc) is 3.34. The molecule has 140 valence electrons. The smallest absolute Gasteiger partial charge is 0.277 e. The summed E-state index contributed by atoms with van der Waals surface area (Å²) in [5.74, 6) is 1.53. The fourth-order valence-corrected chi connectivity index (χ4v) is 4.38. The van der Waals surface area contributed by atoms with Gasteiger partial charge in [-0.2, -0.15) is 0 Å². The van der Waals surface area contributed by atoms with Gasteiger partial charge in [0, 0.05) is 18.0 Å². The zero-order valence-corrected chi connectivity index (χ0v) is 16.5. The Hall–Kier alpha value is -2.32. The van der Waals surface area contributed by atoms with Gasteiger partial charge in [-0.3, -0.25) is 4.79 Å². The molecule has 1 amide bonds. The van der Waals surface area contributed by atoms with Crippen molar-refractivity contribution in [1.29, 1.82) is 0 Å². The minimum absolute atomic E-state index is 0.0903. The molecule has 6 nitrogen and oxygen atoms in total. The number of thioether (sulfide) groups is 1. The highest BCUT2D eigenvalue weighted by molar-refractivity contribution is 7.99. The van der Waals surface area contributed by atoms with Crippen LogP contribution in [0.4, 0.5) is 0 Å². The van der Waals surface area contributed by atoms with Gasteiger partial charge in [0.15, 0.2) is 6.61 Å². The third-order valence-corrected chi connectivity index (χ3v) is 6.14. The quantitative estimate of drug-likeness (QED) is 0.587. The third kappa shape index (κ3) is 4.51. The molecule has 0 N–H and O–H groups in total. The molecular formula is C19H19N3O3S2. The second kappa shape index (κ2) is 8.14. The van der Waals surface area contributed by atoms with Crippen LogP contribution in [0.15, 0.2) is 45.4 Å². The number of aryl methyl sites for hydroxylation is 1. The van der Waals surface area contributed by atoms with Crippen LogP contribution < -0.4 is 4.74 Å². The number of carbonyl (C=O) groups excluding carboxylic acids is 1. The number of ether oxygens (including phenoxy) is 1. The predicted molar refractivity (Wildman–Crippen MR) is 104 cm³/mol. The van der Waals surface area contributed by atoms with Crippen molar-refractivity contribution in [2.24, 2.45) is 0 Å². The van der Waals surface area contributed by atoms with Crippen molar-refractivity contribution in [2.75, 3.05) is 12.3 Å². The van der Waals surface area contributed by atoms with E-state index < -0.39 is 0 Å². The second-order valence-electron chi connectivity index (χ2n) is 6.29. The molecule has 0 radical (unpaired) electrons. The molecule has 2 aromatic heterocycles. The van der Waals surface area contributed by atoms with E-state index in [0.717, 1.165) is 18.7 Å². The first-order chi connectivity index (χ1) is 13.2. The molecule has 0 bridgehead atoms. The minimum Gasteiger partial charge on any atom is -0.484 e. The molecule has 27 heavy (non-hydrogen) atoms. The summed E-state index contributed by atoms with van der Waals surface area (Å²) in [7, 11) is 0. The molecule has 0 atom stereocenters. The van der Waals surface area contributed by atoms with E-state index in [2.05, 4.69) is 21.6 Å². The summed E-state index contributed by atoms with van der Waals surface area (Å²) in [4.78, 5) is 15.7. The van der Waals surface area contributed by atoms with Crippen LogP contribution in [0, 0.1) is 6.92 Å². The molecule has 3 aromatic rings. The summed E-state index contributed by atoms with van der Waals surface area (Å²) in [5, 5.41) is 10.4. The molecule has 0 aliphatic carbocycles. The summed E-state index contributed by atoms with van der Waals surface area (Å²) < 4.78 is 11.2. The number of hydrogen-bond donors (Lipinski definition) is 0. The van der Waals surface area contributed by atoms with E-state index in [1.54, 1.807) is 11.3 Å². The van der Waals surface area contributed by atoms with E-state index in [1.807, 2.05) is 36.1 Å². The van der Waals surface area contributed by atoms with E-state index in [4.69, 9.17) is 9.15 Å². The molecule has 0 spiro atoms. The van der Waals surface area contributed by atoms with E-state index >= 15 is 0 Å². The maximum absolute atomic E-state index is 12.4. The number of thiophene rings is 1. The lowest BCUT2D eigenvalue weighted by atomic mass is 10.1. The first-order valence-electron chi connectivity index (χ1n) is 8.65. The Kier molecular flexibility index (Phi) is 5.45. The van der Waals surface area contributed by atoms with Crippen molar-refractivity contribution >= 4 is 29.0 Å². The highest BCUT2D eigenvalue weighted by Gasteiger charge is 2.22. The zero-order valence-electron chi connectivity index (χ0n) is 14.9. The maximum atomic E-state index is 12.4. The zero-order chi connectivity index (χ0) is 18.6. The van der Waals surface area contributed by atoms with Crippen molar-refractivity contribution in [1.82, 2.24) is 15.1 Å². The number of nitrogens with zero attached hydrogens (tertiary/aromatic N) is 3. The van der Waals surface area contributed by atoms with Gasteiger partial charge in [-0.25, -0.2) is 0 Å². The lowest BCUT2D eigenvalue weighted by Gasteiger charge is -2.26. The standard InChI is InChI=1S/C19H19N3O3S2/c1-13-2-4-15(5-3-13)24-11-17-20-21-19(25-17)27-12-18(23)22-8-6-16-14(10-22)7-9-26-16/h2-5,7,9H,6,8,10-12H2,1H3. The Morgan fingerprint density at radius 1 is 1.30 bits per heavy atom. The van der Waals surface area contributed by atoms with Gasteiger partial charge in [-0.1, -0.05) is 29.5 Å². The topological polar surface area (TPSA) is 68.5 Å². The van der Waals surface area contributed by atoms with Gasteiger partial charge in [-0.05, 0) is 42.5 Å². The molecule has 0 unspecified atom stereocenters. The van der Waals surface area contributed by atoms with Crippen molar-refractivity contribution in [3.05, 3.63) is 57.6 Å². The number of rotatable bonds is 6. The molecule has 0 fully saturated rings. The van der Waals surface area contributed by atoms with Gasteiger partial charge in [-0.15, -0.1) is 21.5 Å². The van der Waals surface area contributed by atoms with Crippen molar-refractivity contribution in [3.8, 4) is 5.75 Å². The van der Waals surface area contributed by atoms with Gasteiger partial charge >= 0.3 is 0 Å². The van der Waals surface area contributed by atoms with E-state index in [0.29, 0.717) is 23.4 Å². The number of fused-ring (bicyclic) bond motifs is 1. The second-order valence-corrected chi connectivity index (χ2v) is 8.21. The average molecular weight is 402 g/mol.